The number of nitrogens with zero attached hydrogens (tertiary/aromatic N) is 4. The van der Waals surface area contributed by atoms with Gasteiger partial charge in [-0.1, -0.05) is 31.4 Å². The van der Waals surface area contributed by atoms with Gasteiger partial charge in [-0.05, 0) is 37.0 Å². The molecule has 5 rings (SSSR count). The van der Waals surface area contributed by atoms with Gasteiger partial charge in [0.05, 0.1) is 11.7 Å². The number of fused-ring (bicyclic) bond motifs is 2. The minimum Gasteiger partial charge on any atom is -0.406 e. The number of halogens is 1. The number of rotatable bonds is 3. The molecule has 2 unspecified atom stereocenters. The molecular weight excluding hydrogens is 416 g/mol. The maximum Gasteiger partial charge on any atom is 0.412 e. The SMILES string of the molecule is CC1CCCCC1NC(=O)Oc1c[nH]c2ncc(-c3nn(C)c4cc(Cl)ccc34)nc12. The quantitative estimate of drug-likeness (QED) is 0.477. The third kappa shape index (κ3) is 3.72. The Bertz CT molecular complexity index is 1280. The first-order chi connectivity index (χ1) is 15.0. The molecule has 0 bridgehead atoms. The van der Waals surface area contributed by atoms with E-state index in [1.54, 1.807) is 17.1 Å². The molecule has 0 radical (unpaired) electrons. The van der Waals surface area contributed by atoms with Gasteiger partial charge >= 0.3 is 6.09 Å². The van der Waals surface area contributed by atoms with Crippen molar-refractivity contribution in [3.63, 3.8) is 0 Å². The van der Waals surface area contributed by atoms with E-state index in [4.69, 9.17) is 21.3 Å². The highest BCUT2D eigenvalue weighted by atomic mass is 35.5. The third-order valence-electron chi connectivity index (χ3n) is 6.02. The number of aromatic nitrogens is 5. The summed E-state index contributed by atoms with van der Waals surface area (Å²) >= 11 is 6.13. The second-order valence-electron chi connectivity index (χ2n) is 8.14. The molecule has 31 heavy (non-hydrogen) atoms. The lowest BCUT2D eigenvalue weighted by atomic mass is 9.86. The fourth-order valence-electron chi connectivity index (χ4n) is 4.29. The lowest BCUT2D eigenvalue weighted by Gasteiger charge is -2.28. The molecule has 0 spiro atoms. The van der Waals surface area contributed by atoms with Crippen LogP contribution in [0.1, 0.15) is 32.6 Å². The van der Waals surface area contributed by atoms with E-state index in [1.807, 2.05) is 25.2 Å². The molecule has 8 nitrogen and oxygen atoms in total. The molecule has 1 amide bonds. The predicted octanol–water partition coefficient (Wildman–Crippen LogP) is 4.83. The number of hydrogen-bond donors (Lipinski definition) is 2. The predicted molar refractivity (Wildman–Crippen MR) is 119 cm³/mol. The van der Waals surface area contributed by atoms with Crippen LogP contribution in [0.3, 0.4) is 0 Å². The summed E-state index contributed by atoms with van der Waals surface area (Å²) in [5.74, 6) is 0.787. The van der Waals surface area contributed by atoms with Crippen LogP contribution in [-0.2, 0) is 7.05 Å². The monoisotopic (exact) mass is 438 g/mol. The topological polar surface area (TPSA) is 97.7 Å². The van der Waals surface area contributed by atoms with E-state index >= 15 is 0 Å². The first kappa shape index (κ1) is 19.8. The molecule has 1 aliphatic rings. The van der Waals surface area contributed by atoms with Gasteiger partial charge in [0.1, 0.15) is 11.4 Å². The zero-order chi connectivity index (χ0) is 21.5. The Balaban J connectivity index is 1.44. The Labute approximate surface area is 184 Å². The van der Waals surface area contributed by atoms with Crippen molar-refractivity contribution in [2.75, 3.05) is 0 Å². The minimum atomic E-state index is -0.468. The molecular formula is C22H23ClN6O2. The molecule has 1 aromatic carbocycles. The highest BCUT2D eigenvalue weighted by molar-refractivity contribution is 6.31. The summed E-state index contributed by atoms with van der Waals surface area (Å²) in [7, 11) is 1.86. The van der Waals surface area contributed by atoms with Crippen LogP contribution in [0.25, 0.3) is 33.5 Å². The average molecular weight is 439 g/mol. The second-order valence-corrected chi connectivity index (χ2v) is 8.58. The van der Waals surface area contributed by atoms with Crippen LogP contribution < -0.4 is 10.1 Å². The maximum absolute atomic E-state index is 12.5. The molecule has 1 saturated carbocycles. The molecule has 160 valence electrons. The van der Waals surface area contributed by atoms with E-state index in [2.05, 4.69) is 27.3 Å². The lowest BCUT2D eigenvalue weighted by Crippen LogP contribution is -2.42. The van der Waals surface area contributed by atoms with Crippen molar-refractivity contribution in [3.05, 3.63) is 35.6 Å². The van der Waals surface area contributed by atoms with Gasteiger partial charge in [0.2, 0.25) is 0 Å². The molecule has 3 aromatic heterocycles. The van der Waals surface area contributed by atoms with Crippen LogP contribution >= 0.6 is 11.6 Å². The van der Waals surface area contributed by atoms with E-state index < -0.39 is 6.09 Å². The third-order valence-corrected chi connectivity index (χ3v) is 6.25. The van der Waals surface area contributed by atoms with Gasteiger partial charge in [0.25, 0.3) is 0 Å². The van der Waals surface area contributed by atoms with Crippen LogP contribution in [0.5, 0.6) is 5.75 Å². The molecule has 1 fully saturated rings. The normalized spacial score (nSPS) is 19.1. The van der Waals surface area contributed by atoms with Gasteiger partial charge in [-0.2, -0.15) is 5.10 Å². The van der Waals surface area contributed by atoms with Crippen molar-refractivity contribution in [2.24, 2.45) is 13.0 Å². The first-order valence-electron chi connectivity index (χ1n) is 10.4. The van der Waals surface area contributed by atoms with Gasteiger partial charge in [0, 0.05) is 29.7 Å². The smallest absolute Gasteiger partial charge is 0.406 e. The summed E-state index contributed by atoms with van der Waals surface area (Å²) in [6.45, 7) is 2.16. The number of ether oxygens (including phenoxy) is 1. The molecule has 2 N–H and O–H groups in total. The summed E-state index contributed by atoms with van der Waals surface area (Å²) in [5, 5.41) is 9.15. The Hall–Kier alpha value is -3.13. The molecule has 9 heteroatoms. The average Bonchev–Trinajstić information content (AvgIpc) is 3.30. The number of hydrogen-bond acceptors (Lipinski definition) is 5. The summed E-state index contributed by atoms with van der Waals surface area (Å²) in [6, 6.07) is 5.74. The van der Waals surface area contributed by atoms with Gasteiger partial charge in [-0.3, -0.25) is 4.68 Å². The van der Waals surface area contributed by atoms with E-state index in [-0.39, 0.29) is 6.04 Å². The van der Waals surface area contributed by atoms with Gasteiger partial charge in [0.15, 0.2) is 16.9 Å². The molecule has 0 aliphatic heterocycles. The fourth-order valence-corrected chi connectivity index (χ4v) is 4.46. The van der Waals surface area contributed by atoms with Crippen molar-refractivity contribution in [1.29, 1.82) is 0 Å². The number of H-pyrrole nitrogens is 1. The lowest BCUT2D eigenvalue weighted by molar-refractivity contribution is 0.184. The number of carbonyl (C=O) groups excluding carboxylic acids is 1. The zero-order valence-electron chi connectivity index (χ0n) is 17.4. The van der Waals surface area contributed by atoms with E-state index in [0.717, 1.165) is 30.2 Å². The number of aryl methyl sites for hydroxylation is 1. The van der Waals surface area contributed by atoms with Gasteiger partial charge in [-0.25, -0.2) is 14.8 Å². The molecule has 2 atom stereocenters. The van der Waals surface area contributed by atoms with Crippen LogP contribution in [0.2, 0.25) is 5.02 Å². The summed E-state index contributed by atoms with van der Waals surface area (Å²) in [6.07, 6.45) is 7.23. The minimum absolute atomic E-state index is 0.139. The summed E-state index contributed by atoms with van der Waals surface area (Å²) < 4.78 is 7.35. The highest BCUT2D eigenvalue weighted by Crippen LogP contribution is 2.31. The summed E-state index contributed by atoms with van der Waals surface area (Å²) in [4.78, 5) is 24.7. The molecule has 3 heterocycles. The Morgan fingerprint density at radius 3 is 3.00 bits per heavy atom. The summed E-state index contributed by atoms with van der Waals surface area (Å²) in [5.41, 5.74) is 3.20. The van der Waals surface area contributed by atoms with Crippen molar-refractivity contribution < 1.29 is 9.53 Å². The van der Waals surface area contributed by atoms with Crippen molar-refractivity contribution in [3.8, 4) is 17.1 Å². The highest BCUT2D eigenvalue weighted by Gasteiger charge is 2.24. The van der Waals surface area contributed by atoms with E-state index in [0.29, 0.717) is 39.2 Å². The number of aromatic amines is 1. The van der Waals surface area contributed by atoms with E-state index in [9.17, 15) is 4.79 Å². The van der Waals surface area contributed by atoms with Crippen LogP contribution in [0.15, 0.2) is 30.6 Å². The Morgan fingerprint density at radius 2 is 2.16 bits per heavy atom. The fraction of sp³-hybridized carbons (Fsp3) is 0.364. The van der Waals surface area contributed by atoms with Crippen LogP contribution in [0, 0.1) is 5.92 Å². The second kappa shape index (κ2) is 7.85. The Morgan fingerprint density at radius 1 is 1.32 bits per heavy atom. The molecule has 4 aromatic rings. The number of amides is 1. The Kier molecular flexibility index (Phi) is 5.02. The number of nitrogens with one attached hydrogen (secondary N) is 2. The molecule has 0 saturated heterocycles. The van der Waals surface area contributed by atoms with Gasteiger partial charge in [-0.15, -0.1) is 0 Å². The van der Waals surface area contributed by atoms with Gasteiger partial charge < -0.3 is 15.0 Å². The van der Waals surface area contributed by atoms with Crippen molar-refractivity contribution in [1.82, 2.24) is 30.0 Å². The largest absolute Gasteiger partial charge is 0.412 e. The maximum atomic E-state index is 12.5. The van der Waals surface area contributed by atoms with Crippen molar-refractivity contribution in [2.45, 2.75) is 38.6 Å². The zero-order valence-corrected chi connectivity index (χ0v) is 18.1. The number of benzene rings is 1. The molecule has 1 aliphatic carbocycles. The number of carbonyl (C=O) groups is 1. The van der Waals surface area contributed by atoms with Crippen molar-refractivity contribution >= 4 is 39.8 Å². The van der Waals surface area contributed by atoms with Crippen LogP contribution in [0.4, 0.5) is 4.79 Å². The standard InChI is InChI=1S/C22H23ClN6O2/c1-12-5-3-4-6-15(12)27-22(30)31-18-11-25-21-20(18)26-16(10-24-21)19-14-8-7-13(23)9-17(14)29(2)28-19/h7-12,15H,3-6H2,1-2H3,(H,24,25)(H,27,30). The van der Waals surface area contributed by atoms with E-state index in [1.165, 1.54) is 6.42 Å². The first-order valence-corrected chi connectivity index (χ1v) is 10.8. The van der Waals surface area contributed by atoms with Crippen LogP contribution in [-0.4, -0.2) is 36.9 Å².